The average Bonchev–Trinajstić information content (AvgIpc) is 2.89. The fourth-order valence-electron chi connectivity index (χ4n) is 0.253. The predicted octanol–water partition coefficient (Wildman–Crippen LogP) is 3.05. The average molecular weight is 167 g/mol. The molecule has 0 spiro atoms. The molecule has 0 aromatic heterocycles. The number of allylic oxidation sites excluding steroid dienone is 4. The molecular formula is C11H21N. The van der Waals surface area contributed by atoms with Gasteiger partial charge >= 0.3 is 0 Å². The summed E-state index contributed by atoms with van der Waals surface area (Å²) in [6, 6.07) is 0.583. The number of hydrogen-bond acceptors (Lipinski definition) is 1. The van der Waals surface area contributed by atoms with Crippen LogP contribution in [-0.2, 0) is 0 Å². The third-order valence-electron chi connectivity index (χ3n) is 1.01. The van der Waals surface area contributed by atoms with Gasteiger partial charge < -0.3 is 5.73 Å². The van der Waals surface area contributed by atoms with Crippen LogP contribution in [0.2, 0.25) is 0 Å². The molecule has 1 aliphatic carbocycles. The zero-order valence-electron chi connectivity index (χ0n) is 8.29. The van der Waals surface area contributed by atoms with E-state index in [1.807, 2.05) is 26.0 Å². The Hall–Kier alpha value is -0.820. The third kappa shape index (κ3) is 22.9. The quantitative estimate of drug-likeness (QED) is 0.628. The molecule has 1 aliphatic rings. The van der Waals surface area contributed by atoms with Crippen LogP contribution >= 0.6 is 0 Å². The topological polar surface area (TPSA) is 26.0 Å². The molecule has 0 unspecified atom stereocenters. The molecule has 0 amide bonds. The van der Waals surface area contributed by atoms with Gasteiger partial charge in [-0.05, 0) is 12.8 Å². The molecule has 12 heavy (non-hydrogen) atoms. The van der Waals surface area contributed by atoms with Crippen LogP contribution in [0.3, 0.4) is 0 Å². The van der Waals surface area contributed by atoms with E-state index in [0.717, 1.165) is 0 Å². The van der Waals surface area contributed by atoms with E-state index in [1.54, 1.807) is 12.2 Å². The molecule has 0 aliphatic heterocycles. The van der Waals surface area contributed by atoms with E-state index in [4.69, 9.17) is 5.73 Å². The molecule has 0 radical (unpaired) electrons. The lowest BCUT2D eigenvalue weighted by Crippen LogP contribution is -1.94. The highest BCUT2D eigenvalue weighted by Gasteiger charge is 2.13. The first-order valence-corrected chi connectivity index (χ1v) is 4.47. The maximum atomic E-state index is 5.22. The molecule has 70 valence electrons. The Labute approximate surface area is 76.7 Å². The van der Waals surface area contributed by atoms with Gasteiger partial charge in [0.15, 0.2) is 0 Å². The number of nitrogens with two attached hydrogens (primary N) is 1. The fourth-order valence-corrected chi connectivity index (χ4v) is 0.253. The first kappa shape index (κ1) is 13.7. The molecule has 0 atom stereocenters. The summed E-state index contributed by atoms with van der Waals surface area (Å²) in [5, 5.41) is 0. The number of hydrogen-bond donors (Lipinski definition) is 1. The van der Waals surface area contributed by atoms with E-state index in [0.29, 0.717) is 6.04 Å². The van der Waals surface area contributed by atoms with Crippen LogP contribution in [0, 0.1) is 0 Å². The van der Waals surface area contributed by atoms with Gasteiger partial charge in [0.2, 0.25) is 0 Å². The minimum atomic E-state index is 0.583. The van der Waals surface area contributed by atoms with Gasteiger partial charge in [0.25, 0.3) is 0 Å². The van der Waals surface area contributed by atoms with E-state index in [9.17, 15) is 0 Å². The van der Waals surface area contributed by atoms with Crippen LogP contribution in [0.25, 0.3) is 0 Å². The summed E-state index contributed by atoms with van der Waals surface area (Å²) in [5.74, 6) is 0. The van der Waals surface area contributed by atoms with Crippen LogP contribution in [-0.4, -0.2) is 6.04 Å². The standard InChI is InChI=1S/C6H8.C3H7N.C2H6/c1-3-5-6-4-2;4-3-1-2-3;1-2/h3-6H,1-2H2;3H,1-2,4H2;1-2H3/b6-5-;;. The van der Waals surface area contributed by atoms with E-state index >= 15 is 0 Å². The van der Waals surface area contributed by atoms with Crippen molar-refractivity contribution in [3.05, 3.63) is 37.5 Å². The monoisotopic (exact) mass is 167 g/mol. The van der Waals surface area contributed by atoms with Gasteiger partial charge in [0.05, 0.1) is 0 Å². The second kappa shape index (κ2) is 12.8. The Morgan fingerprint density at radius 2 is 1.33 bits per heavy atom. The molecule has 0 aromatic carbocycles. The zero-order valence-corrected chi connectivity index (χ0v) is 8.29. The maximum Gasteiger partial charge on any atom is 0.00399 e. The summed E-state index contributed by atoms with van der Waals surface area (Å²) < 4.78 is 0. The minimum absolute atomic E-state index is 0.583. The van der Waals surface area contributed by atoms with E-state index in [-0.39, 0.29) is 0 Å². The van der Waals surface area contributed by atoms with Crippen molar-refractivity contribution in [2.75, 3.05) is 0 Å². The Bertz CT molecular complexity index is 111. The molecule has 1 heteroatoms. The van der Waals surface area contributed by atoms with Crippen LogP contribution in [0.4, 0.5) is 0 Å². The molecule has 0 heterocycles. The highest BCUT2D eigenvalue weighted by Crippen LogP contribution is 2.13. The smallest absolute Gasteiger partial charge is 0.00399 e. The van der Waals surface area contributed by atoms with E-state index in [1.165, 1.54) is 12.8 Å². The van der Waals surface area contributed by atoms with Crippen LogP contribution in [0.1, 0.15) is 26.7 Å². The van der Waals surface area contributed by atoms with Crippen LogP contribution < -0.4 is 5.73 Å². The molecule has 0 saturated heterocycles. The summed E-state index contributed by atoms with van der Waals surface area (Å²) in [4.78, 5) is 0. The van der Waals surface area contributed by atoms with Crippen molar-refractivity contribution in [2.24, 2.45) is 5.73 Å². The van der Waals surface area contributed by atoms with Crippen molar-refractivity contribution in [3.63, 3.8) is 0 Å². The first-order chi connectivity index (χ1) is 5.81. The van der Waals surface area contributed by atoms with Gasteiger partial charge in [-0.25, -0.2) is 0 Å². The molecular weight excluding hydrogens is 146 g/mol. The molecule has 2 N–H and O–H groups in total. The number of rotatable bonds is 2. The fraction of sp³-hybridized carbons (Fsp3) is 0.455. The van der Waals surface area contributed by atoms with E-state index < -0.39 is 0 Å². The van der Waals surface area contributed by atoms with Gasteiger partial charge in [-0.2, -0.15) is 0 Å². The highest BCUT2D eigenvalue weighted by molar-refractivity contribution is 5.05. The summed E-state index contributed by atoms with van der Waals surface area (Å²) >= 11 is 0. The molecule has 1 saturated carbocycles. The maximum absolute atomic E-state index is 5.22. The predicted molar refractivity (Wildman–Crippen MR) is 58.1 cm³/mol. The normalized spacial score (nSPS) is 13.6. The largest absolute Gasteiger partial charge is 0.328 e. The third-order valence-corrected chi connectivity index (χ3v) is 1.01. The summed E-state index contributed by atoms with van der Waals surface area (Å²) in [6.45, 7) is 10.9. The Morgan fingerprint density at radius 3 is 1.42 bits per heavy atom. The molecule has 1 nitrogen and oxygen atoms in total. The minimum Gasteiger partial charge on any atom is -0.328 e. The van der Waals surface area contributed by atoms with Crippen LogP contribution in [0.15, 0.2) is 37.5 Å². The van der Waals surface area contributed by atoms with Crippen molar-refractivity contribution in [1.29, 1.82) is 0 Å². The van der Waals surface area contributed by atoms with Crippen molar-refractivity contribution in [1.82, 2.24) is 0 Å². The Balaban J connectivity index is 0. The Morgan fingerprint density at radius 1 is 1.08 bits per heavy atom. The lowest BCUT2D eigenvalue weighted by molar-refractivity contribution is 1.07. The van der Waals surface area contributed by atoms with E-state index in [2.05, 4.69) is 13.2 Å². The first-order valence-electron chi connectivity index (χ1n) is 4.47. The summed E-state index contributed by atoms with van der Waals surface area (Å²) in [5.41, 5.74) is 5.22. The summed E-state index contributed by atoms with van der Waals surface area (Å²) in [6.07, 6.45) is 9.60. The lowest BCUT2D eigenvalue weighted by Gasteiger charge is -1.60. The molecule has 1 fully saturated rings. The van der Waals surface area contributed by atoms with Gasteiger partial charge in [0.1, 0.15) is 0 Å². The second-order valence-corrected chi connectivity index (χ2v) is 2.19. The molecule has 0 aromatic rings. The molecule has 0 bridgehead atoms. The Kier molecular flexibility index (Phi) is 14.7. The second-order valence-electron chi connectivity index (χ2n) is 2.19. The van der Waals surface area contributed by atoms with Crippen molar-refractivity contribution >= 4 is 0 Å². The van der Waals surface area contributed by atoms with Crippen molar-refractivity contribution < 1.29 is 0 Å². The lowest BCUT2D eigenvalue weighted by atomic mass is 10.5. The van der Waals surface area contributed by atoms with Gasteiger partial charge in [-0.15, -0.1) is 0 Å². The summed E-state index contributed by atoms with van der Waals surface area (Å²) in [7, 11) is 0. The SMILES string of the molecule is C=C/C=C\C=C.CC.NC1CC1. The van der Waals surface area contributed by atoms with Gasteiger partial charge in [-0.3, -0.25) is 0 Å². The van der Waals surface area contributed by atoms with Crippen molar-refractivity contribution in [3.8, 4) is 0 Å². The van der Waals surface area contributed by atoms with Crippen molar-refractivity contribution in [2.45, 2.75) is 32.7 Å². The molecule has 1 rings (SSSR count). The van der Waals surface area contributed by atoms with Crippen LogP contribution in [0.5, 0.6) is 0 Å². The van der Waals surface area contributed by atoms with Gasteiger partial charge in [0, 0.05) is 6.04 Å². The zero-order chi connectivity index (χ0) is 9.82. The highest BCUT2D eigenvalue weighted by atomic mass is 14.7. The van der Waals surface area contributed by atoms with Gasteiger partial charge in [-0.1, -0.05) is 51.3 Å².